The van der Waals surface area contributed by atoms with E-state index in [0.29, 0.717) is 6.61 Å². The first kappa shape index (κ1) is 12.8. The molecule has 3 heteroatoms. The molecule has 3 aromatic carbocycles. The molecule has 0 aliphatic rings. The van der Waals surface area contributed by atoms with Crippen LogP contribution in [-0.4, -0.2) is 0 Å². The Hall–Kier alpha value is -2.19. The van der Waals surface area contributed by atoms with Gasteiger partial charge < -0.3 is 10.5 Å². The van der Waals surface area contributed by atoms with Gasteiger partial charge in [-0.3, -0.25) is 0 Å². The van der Waals surface area contributed by atoms with E-state index in [-0.39, 0.29) is 0 Å². The predicted octanol–water partition coefficient (Wildman–Crippen LogP) is 4.65. The van der Waals surface area contributed by atoms with E-state index in [1.807, 2.05) is 60.7 Å². The van der Waals surface area contributed by atoms with Gasteiger partial charge in [0.25, 0.3) is 0 Å². The van der Waals surface area contributed by atoms with Crippen molar-refractivity contribution in [2.45, 2.75) is 6.61 Å². The SMILES string of the molecule is Nc1ccccc1COc1ccc(Cl)c2ccccc12. The molecule has 0 amide bonds. The Bertz CT molecular complexity index is 755. The van der Waals surface area contributed by atoms with Gasteiger partial charge in [0.05, 0.1) is 0 Å². The molecule has 0 heterocycles. The van der Waals surface area contributed by atoms with Crippen molar-refractivity contribution in [2.75, 3.05) is 5.73 Å². The molecule has 0 unspecified atom stereocenters. The van der Waals surface area contributed by atoms with Crippen molar-refractivity contribution in [3.05, 3.63) is 71.2 Å². The standard InChI is InChI=1S/C17H14ClNO/c18-15-9-10-17(14-7-3-2-6-13(14)15)20-11-12-5-1-4-8-16(12)19/h1-10H,11,19H2. The average Bonchev–Trinajstić information content (AvgIpc) is 2.48. The molecular weight excluding hydrogens is 270 g/mol. The first-order valence-electron chi connectivity index (χ1n) is 6.39. The largest absolute Gasteiger partial charge is 0.488 e. The number of hydrogen-bond acceptors (Lipinski definition) is 2. The van der Waals surface area contributed by atoms with Crippen LogP contribution in [0.4, 0.5) is 5.69 Å². The highest BCUT2D eigenvalue weighted by Gasteiger charge is 2.06. The lowest BCUT2D eigenvalue weighted by atomic mass is 10.1. The van der Waals surface area contributed by atoms with Crippen LogP contribution >= 0.6 is 11.6 Å². The van der Waals surface area contributed by atoms with E-state index in [2.05, 4.69) is 0 Å². The fourth-order valence-corrected chi connectivity index (χ4v) is 2.41. The van der Waals surface area contributed by atoms with Gasteiger partial charge >= 0.3 is 0 Å². The van der Waals surface area contributed by atoms with Crippen molar-refractivity contribution >= 4 is 28.1 Å². The van der Waals surface area contributed by atoms with Crippen LogP contribution in [0.3, 0.4) is 0 Å². The van der Waals surface area contributed by atoms with E-state index in [0.717, 1.165) is 32.8 Å². The fraction of sp³-hybridized carbons (Fsp3) is 0.0588. The smallest absolute Gasteiger partial charge is 0.127 e. The van der Waals surface area contributed by atoms with Crippen molar-refractivity contribution in [3.63, 3.8) is 0 Å². The summed E-state index contributed by atoms with van der Waals surface area (Å²) in [4.78, 5) is 0. The van der Waals surface area contributed by atoms with Gasteiger partial charge in [-0.05, 0) is 18.2 Å². The van der Waals surface area contributed by atoms with E-state index in [1.54, 1.807) is 0 Å². The third-order valence-corrected chi connectivity index (χ3v) is 3.60. The van der Waals surface area contributed by atoms with Crippen molar-refractivity contribution in [1.82, 2.24) is 0 Å². The Labute approximate surface area is 122 Å². The zero-order valence-corrected chi connectivity index (χ0v) is 11.6. The van der Waals surface area contributed by atoms with Crippen LogP contribution in [0.1, 0.15) is 5.56 Å². The molecule has 0 saturated heterocycles. The van der Waals surface area contributed by atoms with Gasteiger partial charge in [0.15, 0.2) is 0 Å². The molecule has 0 saturated carbocycles. The summed E-state index contributed by atoms with van der Waals surface area (Å²) in [5.74, 6) is 0.813. The van der Waals surface area contributed by atoms with Gasteiger partial charge in [0.2, 0.25) is 0 Å². The monoisotopic (exact) mass is 283 g/mol. The van der Waals surface area contributed by atoms with Crippen molar-refractivity contribution in [1.29, 1.82) is 0 Å². The molecule has 0 aliphatic heterocycles. The van der Waals surface area contributed by atoms with Gasteiger partial charge in [-0.2, -0.15) is 0 Å². The number of halogens is 1. The normalized spacial score (nSPS) is 10.7. The summed E-state index contributed by atoms with van der Waals surface area (Å²) in [5.41, 5.74) is 7.64. The first-order chi connectivity index (χ1) is 9.75. The zero-order valence-electron chi connectivity index (χ0n) is 10.8. The van der Waals surface area contributed by atoms with Crippen LogP contribution in [0.25, 0.3) is 10.8 Å². The summed E-state index contributed by atoms with van der Waals surface area (Å²) in [6.45, 7) is 0.443. The lowest BCUT2D eigenvalue weighted by molar-refractivity contribution is 0.311. The summed E-state index contributed by atoms with van der Waals surface area (Å²) in [6, 6.07) is 19.4. The molecule has 100 valence electrons. The molecule has 0 fully saturated rings. The number of nitrogens with two attached hydrogens (primary N) is 1. The summed E-state index contributed by atoms with van der Waals surface area (Å²) in [6.07, 6.45) is 0. The molecule has 0 radical (unpaired) electrons. The maximum absolute atomic E-state index is 6.20. The van der Waals surface area contributed by atoms with Crippen LogP contribution < -0.4 is 10.5 Å². The van der Waals surface area contributed by atoms with E-state index < -0.39 is 0 Å². The van der Waals surface area contributed by atoms with Crippen LogP contribution in [0, 0.1) is 0 Å². The molecule has 3 rings (SSSR count). The number of rotatable bonds is 3. The van der Waals surface area contributed by atoms with E-state index in [9.17, 15) is 0 Å². The molecule has 2 nitrogen and oxygen atoms in total. The number of anilines is 1. The van der Waals surface area contributed by atoms with E-state index in [4.69, 9.17) is 22.1 Å². The second-order valence-corrected chi connectivity index (χ2v) is 4.99. The fourth-order valence-electron chi connectivity index (χ4n) is 2.18. The number of hydrogen-bond donors (Lipinski definition) is 1. The van der Waals surface area contributed by atoms with Gasteiger partial charge in [0.1, 0.15) is 12.4 Å². The summed E-state index contributed by atoms with van der Waals surface area (Å²) in [7, 11) is 0. The average molecular weight is 284 g/mol. The Morgan fingerprint density at radius 3 is 2.35 bits per heavy atom. The van der Waals surface area contributed by atoms with Crippen LogP contribution in [0.5, 0.6) is 5.75 Å². The molecular formula is C17H14ClNO. The molecule has 0 spiro atoms. The molecule has 3 aromatic rings. The van der Waals surface area contributed by atoms with Crippen molar-refractivity contribution in [2.24, 2.45) is 0 Å². The number of fused-ring (bicyclic) bond motifs is 1. The van der Waals surface area contributed by atoms with Gasteiger partial charge in [-0.1, -0.05) is 54.1 Å². The second kappa shape index (κ2) is 5.43. The minimum atomic E-state index is 0.443. The van der Waals surface area contributed by atoms with E-state index >= 15 is 0 Å². The second-order valence-electron chi connectivity index (χ2n) is 4.58. The van der Waals surface area contributed by atoms with Crippen molar-refractivity contribution in [3.8, 4) is 5.75 Å². The third-order valence-electron chi connectivity index (χ3n) is 3.27. The molecule has 0 atom stereocenters. The Morgan fingerprint density at radius 2 is 1.55 bits per heavy atom. The highest BCUT2D eigenvalue weighted by Crippen LogP contribution is 2.31. The van der Waals surface area contributed by atoms with Crippen LogP contribution in [0.2, 0.25) is 5.02 Å². The molecule has 20 heavy (non-hydrogen) atoms. The number of nitrogen functional groups attached to an aromatic ring is 1. The quantitative estimate of drug-likeness (QED) is 0.710. The number of ether oxygens (including phenoxy) is 1. The summed E-state index contributed by atoms with van der Waals surface area (Å²) in [5, 5.41) is 2.73. The molecule has 2 N–H and O–H groups in total. The Morgan fingerprint density at radius 1 is 0.850 bits per heavy atom. The summed E-state index contributed by atoms with van der Waals surface area (Å²) >= 11 is 6.20. The van der Waals surface area contributed by atoms with Crippen molar-refractivity contribution < 1.29 is 4.74 Å². The van der Waals surface area contributed by atoms with E-state index in [1.165, 1.54) is 0 Å². The van der Waals surface area contributed by atoms with Crippen LogP contribution in [-0.2, 0) is 6.61 Å². The maximum Gasteiger partial charge on any atom is 0.127 e. The van der Waals surface area contributed by atoms with Gasteiger partial charge in [-0.25, -0.2) is 0 Å². The topological polar surface area (TPSA) is 35.2 Å². The van der Waals surface area contributed by atoms with Gasteiger partial charge in [-0.15, -0.1) is 0 Å². The number of para-hydroxylation sites is 1. The number of benzene rings is 3. The lowest BCUT2D eigenvalue weighted by Crippen LogP contribution is -2.00. The third kappa shape index (κ3) is 2.43. The molecule has 0 bridgehead atoms. The summed E-state index contributed by atoms with van der Waals surface area (Å²) < 4.78 is 5.90. The minimum absolute atomic E-state index is 0.443. The zero-order chi connectivity index (χ0) is 13.9. The molecule has 0 aromatic heterocycles. The molecule has 0 aliphatic carbocycles. The highest BCUT2D eigenvalue weighted by molar-refractivity contribution is 6.35. The lowest BCUT2D eigenvalue weighted by Gasteiger charge is -2.11. The minimum Gasteiger partial charge on any atom is -0.488 e. The maximum atomic E-state index is 6.20. The van der Waals surface area contributed by atoms with Gasteiger partial charge in [0, 0.05) is 27.0 Å². The predicted molar refractivity (Wildman–Crippen MR) is 84.1 cm³/mol. The Balaban J connectivity index is 1.92. The first-order valence-corrected chi connectivity index (χ1v) is 6.77. The Kier molecular flexibility index (Phi) is 3.48. The van der Waals surface area contributed by atoms with Crippen LogP contribution in [0.15, 0.2) is 60.7 Å². The highest BCUT2D eigenvalue weighted by atomic mass is 35.5.